The van der Waals surface area contributed by atoms with Crippen molar-refractivity contribution in [1.29, 1.82) is 0 Å². The zero-order valence-electron chi connectivity index (χ0n) is 8.63. The van der Waals surface area contributed by atoms with Gasteiger partial charge in [0, 0.05) is 12.7 Å². The molecule has 0 unspecified atom stereocenters. The van der Waals surface area contributed by atoms with E-state index in [0.29, 0.717) is 12.1 Å². The Hall–Kier alpha value is -1.33. The van der Waals surface area contributed by atoms with Crippen LogP contribution in [0.25, 0.3) is 10.4 Å². The highest BCUT2D eigenvalue weighted by atomic mass is 32.1. The second kappa shape index (κ2) is 4.67. The molecule has 84 valence electrons. The maximum Gasteiger partial charge on any atom is 0.159 e. The number of aromatic nitrogens is 1. The van der Waals surface area contributed by atoms with E-state index in [1.54, 1.807) is 12.3 Å². The third-order valence-corrected chi connectivity index (χ3v) is 3.13. The number of benzene rings is 1. The summed E-state index contributed by atoms with van der Waals surface area (Å²) in [6.45, 7) is 0.675. The van der Waals surface area contributed by atoms with Crippen molar-refractivity contribution >= 4 is 11.3 Å². The summed E-state index contributed by atoms with van der Waals surface area (Å²) in [5.74, 6) is -1.66. The Morgan fingerprint density at radius 1 is 1.31 bits per heavy atom. The van der Waals surface area contributed by atoms with E-state index in [4.69, 9.17) is 0 Å². The lowest BCUT2D eigenvalue weighted by Gasteiger charge is -1.97. The Morgan fingerprint density at radius 3 is 2.81 bits per heavy atom. The number of hydrogen-bond donors (Lipinski definition) is 1. The summed E-state index contributed by atoms with van der Waals surface area (Å²) in [5, 5.41) is 3.90. The minimum Gasteiger partial charge on any atom is -0.314 e. The van der Waals surface area contributed by atoms with Gasteiger partial charge in [0.2, 0.25) is 0 Å². The molecular weight excluding hydrogens is 230 g/mol. The van der Waals surface area contributed by atoms with Gasteiger partial charge in [-0.05, 0) is 24.7 Å². The van der Waals surface area contributed by atoms with Gasteiger partial charge in [0.15, 0.2) is 11.6 Å². The lowest BCUT2D eigenvalue weighted by molar-refractivity contribution is 0.509. The van der Waals surface area contributed by atoms with Crippen molar-refractivity contribution in [1.82, 2.24) is 10.3 Å². The van der Waals surface area contributed by atoms with E-state index in [1.165, 1.54) is 17.4 Å². The average Bonchev–Trinajstić information content (AvgIpc) is 2.71. The molecule has 2 rings (SSSR count). The van der Waals surface area contributed by atoms with E-state index in [0.717, 1.165) is 16.0 Å². The highest BCUT2D eigenvalue weighted by molar-refractivity contribution is 7.15. The molecular formula is C11H10F2N2S. The van der Waals surface area contributed by atoms with Crippen LogP contribution in [0, 0.1) is 11.6 Å². The van der Waals surface area contributed by atoms with Crippen LogP contribution in [0.4, 0.5) is 8.78 Å². The van der Waals surface area contributed by atoms with Gasteiger partial charge in [-0.25, -0.2) is 13.8 Å². The number of nitrogens with one attached hydrogen (secondary N) is 1. The molecule has 0 aliphatic carbocycles. The van der Waals surface area contributed by atoms with Gasteiger partial charge in [0.05, 0.1) is 4.88 Å². The molecule has 2 aromatic rings. The third-order valence-electron chi connectivity index (χ3n) is 2.09. The predicted molar refractivity (Wildman–Crippen MR) is 60.2 cm³/mol. The van der Waals surface area contributed by atoms with Gasteiger partial charge in [-0.1, -0.05) is 6.07 Å². The van der Waals surface area contributed by atoms with Gasteiger partial charge in [-0.3, -0.25) is 0 Å². The van der Waals surface area contributed by atoms with Gasteiger partial charge in [-0.15, -0.1) is 11.3 Å². The number of hydrogen-bond acceptors (Lipinski definition) is 3. The molecule has 1 aromatic carbocycles. The van der Waals surface area contributed by atoms with Crippen molar-refractivity contribution in [3.05, 3.63) is 41.0 Å². The Balaban J connectivity index is 2.31. The highest BCUT2D eigenvalue weighted by Gasteiger charge is 2.07. The lowest BCUT2D eigenvalue weighted by Crippen LogP contribution is -2.03. The number of nitrogens with zero attached hydrogens (tertiary/aromatic N) is 1. The molecule has 0 saturated heterocycles. The predicted octanol–water partition coefficient (Wildman–Crippen LogP) is 2.81. The van der Waals surface area contributed by atoms with Crippen LogP contribution < -0.4 is 5.32 Å². The lowest BCUT2D eigenvalue weighted by atomic mass is 10.2. The summed E-state index contributed by atoms with van der Waals surface area (Å²) >= 11 is 1.46. The molecule has 16 heavy (non-hydrogen) atoms. The standard InChI is InChI=1S/C11H10F2N2S/c1-14-6-11-15-5-10(16-11)7-2-3-8(12)9(13)4-7/h2-5,14H,6H2,1H3. The third kappa shape index (κ3) is 2.25. The Bertz CT molecular complexity index is 496. The zero-order chi connectivity index (χ0) is 11.5. The van der Waals surface area contributed by atoms with Crippen LogP contribution in [0.3, 0.4) is 0 Å². The van der Waals surface area contributed by atoms with Gasteiger partial charge in [0.25, 0.3) is 0 Å². The molecule has 0 fully saturated rings. The van der Waals surface area contributed by atoms with Gasteiger partial charge in [0.1, 0.15) is 5.01 Å². The summed E-state index contributed by atoms with van der Waals surface area (Å²) in [6.07, 6.45) is 1.67. The van der Waals surface area contributed by atoms with Crippen molar-refractivity contribution < 1.29 is 8.78 Å². The fourth-order valence-corrected chi connectivity index (χ4v) is 2.25. The first-order valence-electron chi connectivity index (χ1n) is 4.75. The molecule has 1 N–H and O–H groups in total. The van der Waals surface area contributed by atoms with Crippen molar-refractivity contribution in [3.63, 3.8) is 0 Å². The summed E-state index contributed by atoms with van der Waals surface area (Å²) in [7, 11) is 1.83. The molecule has 0 radical (unpaired) electrons. The largest absolute Gasteiger partial charge is 0.314 e. The summed E-state index contributed by atoms with van der Waals surface area (Å²) in [5.41, 5.74) is 0.652. The molecule has 1 aromatic heterocycles. The van der Waals surface area contributed by atoms with Crippen LogP contribution in [0.1, 0.15) is 5.01 Å². The second-order valence-electron chi connectivity index (χ2n) is 3.28. The van der Waals surface area contributed by atoms with Crippen LogP contribution in [0.15, 0.2) is 24.4 Å². The molecule has 0 bridgehead atoms. The minimum atomic E-state index is -0.832. The molecule has 0 aliphatic heterocycles. The average molecular weight is 240 g/mol. The number of rotatable bonds is 3. The Morgan fingerprint density at radius 2 is 2.12 bits per heavy atom. The van der Waals surface area contributed by atoms with Gasteiger partial charge < -0.3 is 5.32 Å². The topological polar surface area (TPSA) is 24.9 Å². The van der Waals surface area contributed by atoms with Crippen molar-refractivity contribution in [3.8, 4) is 10.4 Å². The summed E-state index contributed by atoms with van der Waals surface area (Å²) in [6, 6.07) is 3.86. The second-order valence-corrected chi connectivity index (χ2v) is 4.39. The first-order chi connectivity index (χ1) is 7.70. The maximum absolute atomic E-state index is 13.0. The van der Waals surface area contributed by atoms with Crippen molar-refractivity contribution in [2.45, 2.75) is 6.54 Å². The Kier molecular flexibility index (Phi) is 3.26. The zero-order valence-corrected chi connectivity index (χ0v) is 9.44. The Labute approximate surface area is 96.0 Å². The SMILES string of the molecule is CNCc1ncc(-c2ccc(F)c(F)c2)s1. The first-order valence-corrected chi connectivity index (χ1v) is 5.57. The molecule has 5 heteroatoms. The molecule has 0 amide bonds. The molecule has 0 saturated carbocycles. The highest BCUT2D eigenvalue weighted by Crippen LogP contribution is 2.27. The summed E-state index contributed by atoms with van der Waals surface area (Å²) in [4.78, 5) is 5.01. The fourth-order valence-electron chi connectivity index (χ4n) is 1.33. The van der Waals surface area contributed by atoms with E-state index in [9.17, 15) is 8.78 Å². The van der Waals surface area contributed by atoms with Crippen LogP contribution in [-0.2, 0) is 6.54 Å². The van der Waals surface area contributed by atoms with Crippen molar-refractivity contribution in [2.75, 3.05) is 7.05 Å². The number of thiazole rings is 1. The van der Waals surface area contributed by atoms with Crippen LogP contribution in [0.5, 0.6) is 0 Å². The smallest absolute Gasteiger partial charge is 0.159 e. The summed E-state index contributed by atoms with van der Waals surface area (Å²) < 4.78 is 25.8. The van der Waals surface area contributed by atoms with E-state index >= 15 is 0 Å². The van der Waals surface area contributed by atoms with E-state index in [2.05, 4.69) is 10.3 Å². The van der Waals surface area contributed by atoms with E-state index < -0.39 is 11.6 Å². The van der Waals surface area contributed by atoms with E-state index in [1.807, 2.05) is 7.05 Å². The van der Waals surface area contributed by atoms with Crippen molar-refractivity contribution in [2.24, 2.45) is 0 Å². The van der Waals surface area contributed by atoms with Crippen LogP contribution >= 0.6 is 11.3 Å². The van der Waals surface area contributed by atoms with Gasteiger partial charge in [-0.2, -0.15) is 0 Å². The number of halogens is 2. The van der Waals surface area contributed by atoms with Crippen LogP contribution in [0.2, 0.25) is 0 Å². The molecule has 2 nitrogen and oxygen atoms in total. The van der Waals surface area contributed by atoms with Crippen LogP contribution in [-0.4, -0.2) is 12.0 Å². The van der Waals surface area contributed by atoms with Gasteiger partial charge >= 0.3 is 0 Å². The first kappa shape index (κ1) is 11.2. The molecule has 0 atom stereocenters. The monoisotopic (exact) mass is 240 g/mol. The maximum atomic E-state index is 13.0. The minimum absolute atomic E-state index is 0.652. The molecule has 0 spiro atoms. The molecule has 1 heterocycles. The quantitative estimate of drug-likeness (QED) is 0.892. The molecule has 0 aliphatic rings. The fraction of sp³-hybridized carbons (Fsp3) is 0.182. The van der Waals surface area contributed by atoms with E-state index in [-0.39, 0.29) is 0 Å². The normalized spacial score (nSPS) is 10.7.